The lowest BCUT2D eigenvalue weighted by Crippen LogP contribution is -2.54. The lowest BCUT2D eigenvalue weighted by molar-refractivity contribution is -0.136. The molecule has 0 spiro atoms. The molecule has 3 N–H and O–H groups in total. The third-order valence-corrected chi connectivity index (χ3v) is 13.6. The van der Waals surface area contributed by atoms with E-state index in [0.717, 1.165) is 105 Å². The monoisotopic (exact) mass is 862 g/mol. The Hall–Kier alpha value is -6.04. The van der Waals surface area contributed by atoms with Crippen LogP contribution in [0.15, 0.2) is 66.2 Å². The zero-order valence-corrected chi connectivity index (χ0v) is 34.9. The average Bonchev–Trinajstić information content (AvgIpc) is 3.97. The van der Waals surface area contributed by atoms with Crippen LogP contribution in [0, 0.1) is 11.7 Å². The van der Waals surface area contributed by atoms with Gasteiger partial charge in [0.2, 0.25) is 11.8 Å². The molecule has 5 aliphatic rings. The van der Waals surface area contributed by atoms with Gasteiger partial charge < -0.3 is 19.8 Å². The van der Waals surface area contributed by atoms with Gasteiger partial charge in [-0.15, -0.1) is 11.3 Å². The molecule has 0 aliphatic carbocycles. The van der Waals surface area contributed by atoms with Crippen molar-refractivity contribution < 1.29 is 38.3 Å². The molecule has 17 heteroatoms. The van der Waals surface area contributed by atoms with Crippen molar-refractivity contribution in [2.45, 2.75) is 57.2 Å². The number of aromatic nitrogens is 1. The summed E-state index contributed by atoms with van der Waals surface area (Å²) in [6.07, 6.45) is 5.47. The van der Waals surface area contributed by atoms with Crippen LogP contribution in [0.25, 0.3) is 0 Å². The highest BCUT2D eigenvalue weighted by molar-refractivity contribution is 7.13. The molecule has 6 heterocycles. The van der Waals surface area contributed by atoms with E-state index in [4.69, 9.17) is 0 Å². The first kappa shape index (κ1) is 41.3. The van der Waals surface area contributed by atoms with Gasteiger partial charge in [-0.1, -0.05) is 18.2 Å². The lowest BCUT2D eigenvalue weighted by Gasteiger charge is -2.39. The summed E-state index contributed by atoms with van der Waals surface area (Å²) in [7, 11) is 0. The summed E-state index contributed by atoms with van der Waals surface area (Å²) in [5.41, 5.74) is 3.70. The number of carbonyl (C=O) groups is 6. The Morgan fingerprint density at radius 3 is 2.45 bits per heavy atom. The molecule has 5 aliphatic heterocycles. The van der Waals surface area contributed by atoms with Gasteiger partial charge >= 0.3 is 0 Å². The fourth-order valence-corrected chi connectivity index (χ4v) is 10.2. The van der Waals surface area contributed by atoms with E-state index in [1.54, 1.807) is 23.7 Å². The number of phenolic OH excluding ortho intramolecular Hbond substituents is 1. The smallest absolute Gasteiger partial charge is 0.262 e. The highest BCUT2D eigenvalue weighted by Gasteiger charge is 2.45. The predicted octanol–water partition coefficient (Wildman–Crippen LogP) is 4.19. The molecule has 3 saturated heterocycles. The quantitative estimate of drug-likeness (QED) is 0.174. The summed E-state index contributed by atoms with van der Waals surface area (Å²) < 4.78 is 14.5. The van der Waals surface area contributed by atoms with Gasteiger partial charge in [-0.25, -0.2) is 9.37 Å². The minimum Gasteiger partial charge on any atom is -0.508 e. The van der Waals surface area contributed by atoms with Crippen LogP contribution >= 0.6 is 11.3 Å². The minimum absolute atomic E-state index is 0.00331. The maximum Gasteiger partial charge on any atom is 0.262 e. The second-order valence-corrected chi connectivity index (χ2v) is 17.6. The fourth-order valence-electron chi connectivity index (χ4n) is 9.62. The first-order valence-electron chi connectivity index (χ1n) is 21.2. The standard InChI is InChI=1S/C45H47FN8O7S/c46-30-6-10-36(55)34(23-30)39(41(58)49-45-47-14-22-62-45)53-26-29-4-1-3-28(38(29)44(53)61)5-2-15-50-16-12-27(13-17-50)25-51-18-20-52(21-19-51)31-7-8-32-33(24-31)43(60)54(42(32)59)35-9-11-37(56)48-40(35)57/h1,3-4,6-8,10,14,22-24,27,35,39,55H,2,5,9,11-13,15-21,25-26H2,(H,47,49,58)(H,48,56,57). The molecule has 3 aromatic carbocycles. The first-order chi connectivity index (χ1) is 30.0. The zero-order valence-electron chi connectivity index (χ0n) is 34.1. The second kappa shape index (κ2) is 17.4. The molecule has 0 bridgehead atoms. The number of likely N-dealkylation sites (tertiary alicyclic amines) is 1. The summed E-state index contributed by atoms with van der Waals surface area (Å²) >= 11 is 1.22. The number of nitrogens with zero attached hydrogens (tertiary/aromatic N) is 6. The normalized spacial score (nSPS) is 20.4. The van der Waals surface area contributed by atoms with Crippen LogP contribution in [0.3, 0.4) is 0 Å². The number of anilines is 2. The van der Waals surface area contributed by atoms with E-state index in [-0.39, 0.29) is 42.2 Å². The van der Waals surface area contributed by atoms with Crippen molar-refractivity contribution in [1.29, 1.82) is 0 Å². The number of piperidine rings is 2. The molecule has 62 heavy (non-hydrogen) atoms. The van der Waals surface area contributed by atoms with Gasteiger partial charge in [0.05, 0.1) is 11.1 Å². The summed E-state index contributed by atoms with van der Waals surface area (Å²) in [5, 5.41) is 17.7. The molecule has 4 aromatic rings. The van der Waals surface area contributed by atoms with Crippen LogP contribution in [0.1, 0.15) is 85.9 Å². The van der Waals surface area contributed by atoms with Crippen molar-refractivity contribution in [3.8, 4) is 5.75 Å². The molecule has 15 nitrogen and oxygen atoms in total. The van der Waals surface area contributed by atoms with Gasteiger partial charge in [-0.2, -0.15) is 0 Å². The summed E-state index contributed by atoms with van der Waals surface area (Å²) in [6, 6.07) is 12.2. The highest BCUT2D eigenvalue weighted by atomic mass is 32.1. The van der Waals surface area contributed by atoms with E-state index in [1.165, 1.54) is 22.3 Å². The third kappa shape index (κ3) is 8.19. The maximum absolute atomic E-state index is 14.5. The number of rotatable bonds is 12. The SMILES string of the molecule is O=C1CCC(N2C(=O)c3ccc(N4CCN(CC5CCN(CCCc6cccc7c6C(=O)N(C(C(=O)Nc6nccs6)c6cc(F)ccc6O)C7)CC5)CC4)cc3C2=O)C(=O)N1. The molecule has 2 unspecified atom stereocenters. The van der Waals surface area contributed by atoms with Crippen molar-refractivity contribution in [3.05, 3.63) is 105 Å². The molecular weight excluding hydrogens is 816 g/mol. The third-order valence-electron chi connectivity index (χ3n) is 12.9. The number of nitrogens with one attached hydrogen (secondary N) is 2. The number of imide groups is 2. The summed E-state index contributed by atoms with van der Waals surface area (Å²) in [4.78, 5) is 92.1. The maximum atomic E-state index is 14.5. The van der Waals surface area contributed by atoms with Gasteiger partial charge in [-0.05, 0) is 105 Å². The Morgan fingerprint density at radius 1 is 0.903 bits per heavy atom. The molecule has 2 atom stereocenters. The van der Waals surface area contributed by atoms with E-state index in [2.05, 4.69) is 30.3 Å². The molecule has 6 amide bonds. The minimum atomic E-state index is -1.28. The van der Waals surface area contributed by atoms with Crippen molar-refractivity contribution in [2.24, 2.45) is 5.92 Å². The number of halogens is 1. The molecule has 9 rings (SSSR count). The molecule has 1 aromatic heterocycles. The van der Waals surface area contributed by atoms with E-state index in [9.17, 15) is 38.3 Å². The predicted molar refractivity (Wildman–Crippen MR) is 227 cm³/mol. The number of benzene rings is 3. The van der Waals surface area contributed by atoms with E-state index < -0.39 is 47.4 Å². The van der Waals surface area contributed by atoms with E-state index in [0.29, 0.717) is 28.6 Å². The lowest BCUT2D eigenvalue weighted by atomic mass is 9.95. The van der Waals surface area contributed by atoms with E-state index in [1.807, 2.05) is 24.3 Å². The molecule has 0 radical (unpaired) electrons. The Balaban J connectivity index is 0.746. The average molecular weight is 863 g/mol. The van der Waals surface area contributed by atoms with Gasteiger partial charge in [0.1, 0.15) is 23.7 Å². The van der Waals surface area contributed by atoms with Crippen LogP contribution in [0.5, 0.6) is 5.75 Å². The number of aryl methyl sites for hydroxylation is 1. The number of amides is 6. The van der Waals surface area contributed by atoms with Gasteiger partial charge in [0, 0.05) is 74.1 Å². The number of fused-ring (bicyclic) bond motifs is 2. The van der Waals surface area contributed by atoms with Crippen molar-refractivity contribution in [2.75, 3.05) is 62.6 Å². The van der Waals surface area contributed by atoms with Crippen LogP contribution < -0.4 is 15.5 Å². The fraction of sp³-hybridized carbons (Fsp3) is 0.400. The van der Waals surface area contributed by atoms with Gasteiger partial charge in [-0.3, -0.25) is 49.2 Å². The Bertz CT molecular complexity index is 2430. The number of phenols is 1. The molecule has 3 fully saturated rings. The van der Waals surface area contributed by atoms with Crippen LogP contribution in [0.4, 0.5) is 15.2 Å². The number of hydrogen-bond acceptors (Lipinski definition) is 12. The topological polar surface area (TPSA) is 176 Å². The highest BCUT2D eigenvalue weighted by Crippen LogP contribution is 2.38. The molecular formula is C45H47FN8O7S. The van der Waals surface area contributed by atoms with E-state index >= 15 is 0 Å². The summed E-state index contributed by atoms with van der Waals surface area (Å²) in [6.45, 7) is 7.37. The number of aromatic hydroxyl groups is 1. The van der Waals surface area contributed by atoms with Crippen LogP contribution in [-0.4, -0.2) is 124 Å². The van der Waals surface area contributed by atoms with Crippen LogP contribution in [-0.2, 0) is 27.3 Å². The van der Waals surface area contributed by atoms with Crippen molar-refractivity contribution >= 4 is 57.6 Å². The van der Waals surface area contributed by atoms with Crippen molar-refractivity contribution in [3.63, 3.8) is 0 Å². The second-order valence-electron chi connectivity index (χ2n) is 16.7. The van der Waals surface area contributed by atoms with Gasteiger partial charge in [0.25, 0.3) is 23.6 Å². The summed E-state index contributed by atoms with van der Waals surface area (Å²) in [5.74, 6) is -3.28. The number of carbonyl (C=O) groups excluding carboxylic acids is 6. The number of hydrogen-bond donors (Lipinski definition) is 3. The molecule has 0 saturated carbocycles. The van der Waals surface area contributed by atoms with Crippen LogP contribution in [0.2, 0.25) is 0 Å². The number of thiazole rings is 1. The van der Waals surface area contributed by atoms with Gasteiger partial charge in [0.15, 0.2) is 5.13 Å². The first-order valence-corrected chi connectivity index (χ1v) is 22.1. The Kier molecular flexibility index (Phi) is 11.6. The number of piperazine rings is 1. The Labute approximate surface area is 361 Å². The van der Waals surface area contributed by atoms with Crippen molar-refractivity contribution in [1.82, 2.24) is 29.9 Å². The zero-order chi connectivity index (χ0) is 43.1. The molecule has 322 valence electrons. The largest absolute Gasteiger partial charge is 0.508 e. The Morgan fingerprint density at radius 2 is 1.69 bits per heavy atom.